The summed E-state index contributed by atoms with van der Waals surface area (Å²) in [6, 6.07) is 0. The number of ether oxygens (including phenoxy) is 1. The molecular weight excluding hydrogens is 226 g/mol. The van der Waals surface area contributed by atoms with E-state index in [-0.39, 0.29) is 5.97 Å². The Kier molecular flexibility index (Phi) is 14.0. The predicted molar refractivity (Wildman–Crippen MR) is 76.5 cm³/mol. The Morgan fingerprint density at radius 3 is 2.17 bits per heavy atom. The van der Waals surface area contributed by atoms with Crippen LogP contribution in [0, 0.1) is 0 Å². The predicted octanol–water partition coefficient (Wildman–Crippen LogP) is 3.80. The van der Waals surface area contributed by atoms with E-state index in [1.165, 1.54) is 38.5 Å². The van der Waals surface area contributed by atoms with Gasteiger partial charge in [-0.05, 0) is 25.8 Å². The molecule has 0 aromatic heterocycles. The van der Waals surface area contributed by atoms with Crippen molar-refractivity contribution in [3.05, 3.63) is 0 Å². The van der Waals surface area contributed by atoms with Crippen LogP contribution < -0.4 is 5.73 Å². The number of nitrogens with two attached hydrogens (primary N) is 1. The molecule has 0 amide bonds. The van der Waals surface area contributed by atoms with E-state index in [2.05, 4.69) is 6.92 Å². The third kappa shape index (κ3) is 13.5. The molecule has 3 nitrogen and oxygen atoms in total. The SMILES string of the molecule is CCCCCCCCCOC(=O)CCCCCN. The number of unbranched alkanes of at least 4 members (excludes halogenated alkanes) is 8. The Hall–Kier alpha value is -0.570. The van der Waals surface area contributed by atoms with Crippen molar-refractivity contribution in [1.82, 2.24) is 0 Å². The minimum atomic E-state index is -0.0435. The van der Waals surface area contributed by atoms with E-state index < -0.39 is 0 Å². The highest BCUT2D eigenvalue weighted by Gasteiger charge is 2.01. The minimum Gasteiger partial charge on any atom is -0.466 e. The van der Waals surface area contributed by atoms with Gasteiger partial charge in [0, 0.05) is 6.42 Å². The molecule has 0 aliphatic heterocycles. The lowest BCUT2D eigenvalue weighted by atomic mass is 10.1. The maximum atomic E-state index is 11.3. The summed E-state index contributed by atoms with van der Waals surface area (Å²) in [5, 5.41) is 0. The van der Waals surface area contributed by atoms with E-state index in [9.17, 15) is 4.79 Å². The Morgan fingerprint density at radius 2 is 1.50 bits per heavy atom. The van der Waals surface area contributed by atoms with Crippen LogP contribution in [-0.2, 0) is 9.53 Å². The summed E-state index contributed by atoms with van der Waals surface area (Å²) in [6.45, 7) is 3.55. The second-order valence-corrected chi connectivity index (χ2v) is 4.94. The monoisotopic (exact) mass is 257 g/mol. The Balaban J connectivity index is 3.10. The Bertz CT molecular complexity index is 183. The Morgan fingerprint density at radius 1 is 0.889 bits per heavy atom. The molecule has 0 rings (SSSR count). The second-order valence-electron chi connectivity index (χ2n) is 4.94. The fourth-order valence-corrected chi connectivity index (χ4v) is 1.91. The smallest absolute Gasteiger partial charge is 0.305 e. The molecule has 108 valence electrons. The summed E-state index contributed by atoms with van der Waals surface area (Å²) in [5.74, 6) is -0.0435. The van der Waals surface area contributed by atoms with Gasteiger partial charge in [0.2, 0.25) is 0 Å². The summed E-state index contributed by atoms with van der Waals surface area (Å²) < 4.78 is 5.18. The number of esters is 1. The van der Waals surface area contributed by atoms with Crippen molar-refractivity contribution >= 4 is 5.97 Å². The molecule has 0 aromatic rings. The highest BCUT2D eigenvalue weighted by Crippen LogP contribution is 2.07. The molecule has 2 N–H and O–H groups in total. The lowest BCUT2D eigenvalue weighted by Gasteiger charge is -2.04. The number of hydrogen-bond acceptors (Lipinski definition) is 3. The van der Waals surface area contributed by atoms with Crippen LogP contribution in [0.25, 0.3) is 0 Å². The first-order valence-electron chi connectivity index (χ1n) is 7.67. The van der Waals surface area contributed by atoms with Crippen molar-refractivity contribution in [2.45, 2.75) is 77.6 Å². The van der Waals surface area contributed by atoms with Crippen LogP contribution in [0.15, 0.2) is 0 Å². The number of carbonyl (C=O) groups excluding carboxylic acids is 1. The van der Waals surface area contributed by atoms with Gasteiger partial charge in [-0.15, -0.1) is 0 Å². The van der Waals surface area contributed by atoms with Gasteiger partial charge in [0.05, 0.1) is 6.61 Å². The first-order valence-corrected chi connectivity index (χ1v) is 7.67. The molecule has 18 heavy (non-hydrogen) atoms. The van der Waals surface area contributed by atoms with E-state index in [0.29, 0.717) is 19.6 Å². The molecule has 0 aliphatic carbocycles. The zero-order valence-electron chi connectivity index (χ0n) is 12.1. The molecule has 0 atom stereocenters. The normalized spacial score (nSPS) is 10.6. The van der Waals surface area contributed by atoms with Crippen LogP contribution in [-0.4, -0.2) is 19.1 Å². The summed E-state index contributed by atoms with van der Waals surface area (Å²) in [5.41, 5.74) is 5.39. The van der Waals surface area contributed by atoms with Crippen LogP contribution in [0.2, 0.25) is 0 Å². The van der Waals surface area contributed by atoms with Crippen molar-refractivity contribution in [3.8, 4) is 0 Å². The van der Waals surface area contributed by atoms with E-state index >= 15 is 0 Å². The summed E-state index contributed by atoms with van der Waals surface area (Å²) in [7, 11) is 0. The third-order valence-electron chi connectivity index (χ3n) is 3.10. The van der Waals surface area contributed by atoms with Gasteiger partial charge in [-0.2, -0.15) is 0 Å². The largest absolute Gasteiger partial charge is 0.466 e. The Labute approximate surface area is 112 Å². The fourth-order valence-electron chi connectivity index (χ4n) is 1.91. The molecule has 0 saturated carbocycles. The van der Waals surface area contributed by atoms with Gasteiger partial charge in [0.15, 0.2) is 0 Å². The van der Waals surface area contributed by atoms with E-state index in [1.807, 2.05) is 0 Å². The molecule has 0 aliphatic rings. The zero-order valence-corrected chi connectivity index (χ0v) is 12.1. The average molecular weight is 257 g/mol. The molecule has 0 spiro atoms. The fraction of sp³-hybridized carbons (Fsp3) is 0.933. The average Bonchev–Trinajstić information content (AvgIpc) is 2.38. The number of carbonyl (C=O) groups is 1. The third-order valence-corrected chi connectivity index (χ3v) is 3.10. The van der Waals surface area contributed by atoms with Crippen molar-refractivity contribution < 1.29 is 9.53 Å². The van der Waals surface area contributed by atoms with E-state index in [4.69, 9.17) is 10.5 Å². The molecular formula is C15H31NO2. The topological polar surface area (TPSA) is 52.3 Å². The standard InChI is InChI=1S/C15H31NO2/c1-2-3-4-5-6-7-11-14-18-15(17)12-9-8-10-13-16/h2-14,16H2,1H3. The van der Waals surface area contributed by atoms with Crippen LogP contribution in [0.1, 0.15) is 77.6 Å². The molecule has 0 unspecified atom stereocenters. The van der Waals surface area contributed by atoms with Gasteiger partial charge in [-0.3, -0.25) is 4.79 Å². The molecule has 0 heterocycles. The van der Waals surface area contributed by atoms with Gasteiger partial charge in [0.25, 0.3) is 0 Å². The molecule has 0 aromatic carbocycles. The van der Waals surface area contributed by atoms with Crippen LogP contribution in [0.3, 0.4) is 0 Å². The molecule has 3 heteroatoms. The van der Waals surface area contributed by atoms with Crippen LogP contribution in [0.4, 0.5) is 0 Å². The minimum absolute atomic E-state index is 0.0435. The van der Waals surface area contributed by atoms with E-state index in [0.717, 1.165) is 25.7 Å². The van der Waals surface area contributed by atoms with Crippen molar-refractivity contribution in [1.29, 1.82) is 0 Å². The molecule has 0 saturated heterocycles. The lowest BCUT2D eigenvalue weighted by molar-refractivity contribution is -0.143. The van der Waals surface area contributed by atoms with Crippen molar-refractivity contribution in [2.75, 3.05) is 13.2 Å². The first-order chi connectivity index (χ1) is 8.81. The molecule has 0 fully saturated rings. The highest BCUT2D eigenvalue weighted by molar-refractivity contribution is 5.69. The number of hydrogen-bond donors (Lipinski definition) is 1. The summed E-state index contributed by atoms with van der Waals surface area (Å²) in [6.07, 6.45) is 12.3. The maximum absolute atomic E-state index is 11.3. The van der Waals surface area contributed by atoms with Crippen LogP contribution >= 0.6 is 0 Å². The summed E-state index contributed by atoms with van der Waals surface area (Å²) >= 11 is 0. The zero-order chi connectivity index (χ0) is 13.5. The van der Waals surface area contributed by atoms with Crippen molar-refractivity contribution in [2.24, 2.45) is 5.73 Å². The van der Waals surface area contributed by atoms with Gasteiger partial charge < -0.3 is 10.5 Å². The molecule has 0 bridgehead atoms. The highest BCUT2D eigenvalue weighted by atomic mass is 16.5. The van der Waals surface area contributed by atoms with Gasteiger partial charge >= 0.3 is 5.97 Å². The van der Waals surface area contributed by atoms with Gasteiger partial charge in [-0.25, -0.2) is 0 Å². The van der Waals surface area contributed by atoms with Crippen LogP contribution in [0.5, 0.6) is 0 Å². The van der Waals surface area contributed by atoms with Gasteiger partial charge in [0.1, 0.15) is 0 Å². The second kappa shape index (κ2) is 14.5. The van der Waals surface area contributed by atoms with Crippen molar-refractivity contribution in [3.63, 3.8) is 0 Å². The van der Waals surface area contributed by atoms with Gasteiger partial charge in [-0.1, -0.05) is 51.9 Å². The first kappa shape index (κ1) is 17.4. The quantitative estimate of drug-likeness (QED) is 0.403. The van der Waals surface area contributed by atoms with E-state index in [1.54, 1.807) is 0 Å². The molecule has 0 radical (unpaired) electrons. The number of rotatable bonds is 13. The summed E-state index contributed by atoms with van der Waals surface area (Å²) in [4.78, 5) is 11.3. The lowest BCUT2D eigenvalue weighted by Crippen LogP contribution is -2.06. The maximum Gasteiger partial charge on any atom is 0.305 e.